The summed E-state index contributed by atoms with van der Waals surface area (Å²) in [5, 5.41) is 2.67. The average molecular weight is 159 g/mol. The standard InChI is InChI=1S/C7H13NO3/c1-3-11-7(10)4-6(5-9)8-2/h5-6,8H,3-4H2,1-2H3/t6-/m0/s1. The Morgan fingerprint density at radius 1 is 1.73 bits per heavy atom. The second-order valence-electron chi connectivity index (χ2n) is 2.04. The number of hydrogen-bond acceptors (Lipinski definition) is 4. The van der Waals surface area contributed by atoms with Crippen LogP contribution in [0.3, 0.4) is 0 Å². The highest BCUT2D eigenvalue weighted by atomic mass is 16.5. The third-order valence-electron chi connectivity index (χ3n) is 1.23. The molecule has 11 heavy (non-hydrogen) atoms. The molecule has 0 aliphatic heterocycles. The van der Waals surface area contributed by atoms with Gasteiger partial charge in [0.05, 0.1) is 19.1 Å². The van der Waals surface area contributed by atoms with E-state index in [9.17, 15) is 9.59 Å². The number of carbonyl (C=O) groups excluding carboxylic acids is 2. The summed E-state index contributed by atoms with van der Waals surface area (Å²) < 4.78 is 4.64. The minimum absolute atomic E-state index is 0.105. The zero-order chi connectivity index (χ0) is 8.69. The van der Waals surface area contributed by atoms with Gasteiger partial charge in [-0.15, -0.1) is 0 Å². The monoisotopic (exact) mass is 159 g/mol. The lowest BCUT2D eigenvalue weighted by molar-refractivity contribution is -0.144. The third-order valence-corrected chi connectivity index (χ3v) is 1.23. The van der Waals surface area contributed by atoms with Crippen LogP contribution in [-0.4, -0.2) is 32.0 Å². The summed E-state index contributed by atoms with van der Waals surface area (Å²) in [6.07, 6.45) is 0.796. The fourth-order valence-electron chi connectivity index (χ4n) is 0.618. The van der Waals surface area contributed by atoms with E-state index >= 15 is 0 Å². The number of likely N-dealkylation sites (N-methyl/N-ethyl adjacent to an activating group) is 1. The maximum Gasteiger partial charge on any atom is 0.307 e. The van der Waals surface area contributed by atoms with Crippen LogP contribution in [0.4, 0.5) is 0 Å². The number of nitrogens with one attached hydrogen (secondary N) is 1. The van der Waals surface area contributed by atoms with E-state index in [2.05, 4.69) is 10.1 Å². The minimum atomic E-state index is -0.422. The molecule has 0 unspecified atom stereocenters. The first-order chi connectivity index (χ1) is 5.24. The molecule has 0 spiro atoms. The lowest BCUT2D eigenvalue weighted by atomic mass is 10.2. The van der Waals surface area contributed by atoms with Gasteiger partial charge in [-0.1, -0.05) is 0 Å². The molecule has 0 amide bonds. The Kier molecular flexibility index (Phi) is 5.37. The quantitative estimate of drug-likeness (QED) is 0.443. The molecule has 0 aliphatic carbocycles. The molecule has 0 aromatic heterocycles. The van der Waals surface area contributed by atoms with Gasteiger partial charge in [-0.25, -0.2) is 0 Å². The molecule has 64 valence electrons. The minimum Gasteiger partial charge on any atom is -0.466 e. The lowest BCUT2D eigenvalue weighted by Crippen LogP contribution is -2.30. The topological polar surface area (TPSA) is 55.4 Å². The summed E-state index contributed by atoms with van der Waals surface area (Å²) in [6, 6.07) is -0.422. The summed E-state index contributed by atoms with van der Waals surface area (Å²) in [5.41, 5.74) is 0. The van der Waals surface area contributed by atoms with Gasteiger partial charge in [0.15, 0.2) is 0 Å². The maximum atomic E-state index is 10.8. The van der Waals surface area contributed by atoms with Crippen LogP contribution < -0.4 is 5.32 Å². The van der Waals surface area contributed by atoms with Gasteiger partial charge in [-0.2, -0.15) is 0 Å². The first-order valence-corrected chi connectivity index (χ1v) is 3.52. The van der Waals surface area contributed by atoms with E-state index in [0.29, 0.717) is 12.9 Å². The molecule has 0 heterocycles. The van der Waals surface area contributed by atoms with Gasteiger partial charge in [0.2, 0.25) is 0 Å². The molecular formula is C7H13NO3. The molecule has 0 saturated carbocycles. The fraction of sp³-hybridized carbons (Fsp3) is 0.714. The Balaban J connectivity index is 3.62. The predicted octanol–water partition coefficient (Wildman–Crippen LogP) is -0.274. The van der Waals surface area contributed by atoms with Gasteiger partial charge < -0.3 is 14.8 Å². The largest absolute Gasteiger partial charge is 0.466 e. The zero-order valence-electron chi connectivity index (χ0n) is 6.79. The van der Waals surface area contributed by atoms with E-state index in [1.54, 1.807) is 14.0 Å². The number of rotatable bonds is 5. The van der Waals surface area contributed by atoms with Gasteiger partial charge in [-0.05, 0) is 14.0 Å². The first-order valence-electron chi connectivity index (χ1n) is 3.52. The van der Waals surface area contributed by atoms with Crippen molar-refractivity contribution in [1.82, 2.24) is 5.32 Å². The molecule has 0 rings (SSSR count). The van der Waals surface area contributed by atoms with Gasteiger partial charge in [0.1, 0.15) is 6.29 Å². The van der Waals surface area contributed by atoms with Crippen molar-refractivity contribution in [2.45, 2.75) is 19.4 Å². The van der Waals surface area contributed by atoms with E-state index in [-0.39, 0.29) is 12.4 Å². The SMILES string of the molecule is CCOC(=O)C[C@@H](C=O)NC. The number of carbonyl (C=O) groups is 2. The highest BCUT2D eigenvalue weighted by Crippen LogP contribution is 1.90. The van der Waals surface area contributed by atoms with Gasteiger partial charge in [0, 0.05) is 0 Å². The van der Waals surface area contributed by atoms with E-state index in [1.165, 1.54) is 0 Å². The van der Waals surface area contributed by atoms with Crippen LogP contribution in [0.15, 0.2) is 0 Å². The molecular weight excluding hydrogens is 146 g/mol. The van der Waals surface area contributed by atoms with Crippen molar-refractivity contribution in [3.63, 3.8) is 0 Å². The first kappa shape index (κ1) is 10.1. The normalized spacial score (nSPS) is 12.2. The summed E-state index contributed by atoms with van der Waals surface area (Å²) in [7, 11) is 1.62. The lowest BCUT2D eigenvalue weighted by Gasteiger charge is -2.06. The van der Waals surface area contributed by atoms with E-state index in [4.69, 9.17) is 0 Å². The average Bonchev–Trinajstić information content (AvgIpc) is 2.01. The van der Waals surface area contributed by atoms with Crippen LogP contribution in [0.25, 0.3) is 0 Å². The van der Waals surface area contributed by atoms with Gasteiger partial charge in [0.25, 0.3) is 0 Å². The highest BCUT2D eigenvalue weighted by molar-refractivity contribution is 5.75. The molecule has 0 saturated heterocycles. The van der Waals surface area contributed by atoms with Crippen molar-refractivity contribution in [2.75, 3.05) is 13.7 Å². The van der Waals surface area contributed by atoms with Crippen LogP contribution in [0.2, 0.25) is 0 Å². The van der Waals surface area contributed by atoms with Crippen LogP contribution >= 0.6 is 0 Å². The second-order valence-corrected chi connectivity index (χ2v) is 2.04. The second kappa shape index (κ2) is 5.85. The molecule has 4 heteroatoms. The Hall–Kier alpha value is -0.900. The van der Waals surface area contributed by atoms with Crippen molar-refractivity contribution in [3.05, 3.63) is 0 Å². The number of hydrogen-bond donors (Lipinski definition) is 1. The van der Waals surface area contributed by atoms with E-state index in [1.807, 2.05) is 0 Å². The summed E-state index contributed by atoms with van der Waals surface area (Å²) in [5.74, 6) is -0.348. The molecule has 0 aromatic carbocycles. The molecule has 1 N–H and O–H groups in total. The van der Waals surface area contributed by atoms with Crippen LogP contribution in [0.5, 0.6) is 0 Å². The fourth-order valence-corrected chi connectivity index (χ4v) is 0.618. The smallest absolute Gasteiger partial charge is 0.307 e. The molecule has 0 bridgehead atoms. The predicted molar refractivity (Wildman–Crippen MR) is 40.2 cm³/mol. The number of aldehydes is 1. The summed E-state index contributed by atoms with van der Waals surface area (Å²) in [4.78, 5) is 21.0. The maximum absolute atomic E-state index is 10.8. The van der Waals surface area contributed by atoms with Crippen molar-refractivity contribution >= 4 is 12.3 Å². The summed E-state index contributed by atoms with van der Waals surface area (Å²) in [6.45, 7) is 2.08. The van der Waals surface area contributed by atoms with Gasteiger partial charge >= 0.3 is 5.97 Å². The Bertz CT molecular complexity index is 136. The Labute approximate surface area is 65.9 Å². The van der Waals surface area contributed by atoms with E-state index < -0.39 is 6.04 Å². The highest BCUT2D eigenvalue weighted by Gasteiger charge is 2.10. The molecule has 0 fully saturated rings. The van der Waals surface area contributed by atoms with Crippen LogP contribution in [-0.2, 0) is 14.3 Å². The summed E-state index contributed by atoms with van der Waals surface area (Å²) >= 11 is 0. The van der Waals surface area contributed by atoms with Crippen molar-refractivity contribution in [3.8, 4) is 0 Å². The third kappa shape index (κ3) is 4.50. The zero-order valence-corrected chi connectivity index (χ0v) is 6.79. The number of ether oxygens (including phenoxy) is 1. The van der Waals surface area contributed by atoms with Crippen LogP contribution in [0.1, 0.15) is 13.3 Å². The van der Waals surface area contributed by atoms with Crippen molar-refractivity contribution in [2.24, 2.45) is 0 Å². The molecule has 1 atom stereocenters. The van der Waals surface area contributed by atoms with Crippen molar-refractivity contribution < 1.29 is 14.3 Å². The molecule has 4 nitrogen and oxygen atoms in total. The molecule has 0 aromatic rings. The molecule has 0 radical (unpaired) electrons. The van der Waals surface area contributed by atoms with Gasteiger partial charge in [-0.3, -0.25) is 4.79 Å². The Morgan fingerprint density at radius 2 is 2.36 bits per heavy atom. The van der Waals surface area contributed by atoms with Crippen LogP contribution in [0, 0.1) is 0 Å². The van der Waals surface area contributed by atoms with E-state index in [0.717, 1.165) is 0 Å². The van der Waals surface area contributed by atoms with Crippen molar-refractivity contribution in [1.29, 1.82) is 0 Å². The molecule has 0 aliphatic rings. The Morgan fingerprint density at radius 3 is 2.73 bits per heavy atom. The number of esters is 1.